The van der Waals surface area contributed by atoms with E-state index in [0.717, 1.165) is 10.8 Å². The topological polar surface area (TPSA) is 42.9 Å². The third kappa shape index (κ3) is 1.85. The molecule has 2 rings (SSSR count). The molecule has 1 atom stereocenters. The molecule has 3 nitrogen and oxygen atoms in total. The molecule has 1 aliphatic carbocycles. The van der Waals surface area contributed by atoms with Crippen LogP contribution in [0, 0.1) is 0 Å². The van der Waals surface area contributed by atoms with Crippen molar-refractivity contribution in [3.05, 3.63) is 10.8 Å². The summed E-state index contributed by atoms with van der Waals surface area (Å²) in [6.07, 6.45) is 3.01. The number of aromatic nitrogens is 2. The molecule has 1 heterocycles. The molecule has 0 saturated heterocycles. The summed E-state index contributed by atoms with van der Waals surface area (Å²) in [6, 6.07) is 0. The zero-order chi connectivity index (χ0) is 10.1. The quantitative estimate of drug-likeness (QED) is 0.766. The lowest BCUT2D eigenvalue weighted by molar-refractivity contribution is -0.119. The van der Waals surface area contributed by atoms with Crippen molar-refractivity contribution in [2.24, 2.45) is 0 Å². The van der Waals surface area contributed by atoms with Crippen molar-refractivity contribution in [1.29, 1.82) is 0 Å². The molecular weight excluding hydrogens is 196 g/mol. The number of carbonyl (C=O) groups is 1. The summed E-state index contributed by atoms with van der Waals surface area (Å²) in [5, 5.41) is 0.888. The Kier molecular flexibility index (Phi) is 2.63. The molecule has 0 N–H and O–H groups in total. The molecular formula is C10H14N2OS. The minimum absolute atomic E-state index is 0.0648. The van der Waals surface area contributed by atoms with E-state index in [2.05, 4.69) is 9.36 Å². The van der Waals surface area contributed by atoms with Crippen LogP contribution in [0.2, 0.25) is 0 Å². The first-order chi connectivity index (χ1) is 6.72. The zero-order valence-corrected chi connectivity index (χ0v) is 9.30. The summed E-state index contributed by atoms with van der Waals surface area (Å²) < 4.78 is 4.29. The van der Waals surface area contributed by atoms with Crippen LogP contribution in [0.5, 0.6) is 0 Å². The van der Waals surface area contributed by atoms with Crippen molar-refractivity contribution >= 4 is 17.3 Å². The third-order valence-corrected chi connectivity index (χ3v) is 3.51. The second kappa shape index (κ2) is 3.77. The van der Waals surface area contributed by atoms with E-state index in [4.69, 9.17) is 0 Å². The van der Waals surface area contributed by atoms with E-state index in [1.54, 1.807) is 0 Å². The number of nitrogens with zero attached hydrogens (tertiary/aromatic N) is 2. The number of Topliss-reactive ketones (excluding diaryl/α,β-unsaturated/α-hetero) is 1. The van der Waals surface area contributed by atoms with Crippen LogP contribution < -0.4 is 0 Å². The molecule has 14 heavy (non-hydrogen) atoms. The predicted molar refractivity (Wildman–Crippen MR) is 55.6 cm³/mol. The zero-order valence-electron chi connectivity index (χ0n) is 8.49. The van der Waals surface area contributed by atoms with Crippen molar-refractivity contribution in [2.75, 3.05) is 0 Å². The lowest BCUT2D eigenvalue weighted by Crippen LogP contribution is -2.07. The van der Waals surface area contributed by atoms with E-state index in [-0.39, 0.29) is 11.7 Å². The Morgan fingerprint density at radius 1 is 1.64 bits per heavy atom. The van der Waals surface area contributed by atoms with Gasteiger partial charge in [0.05, 0.1) is 5.92 Å². The van der Waals surface area contributed by atoms with Gasteiger partial charge in [-0.25, -0.2) is 4.98 Å². The smallest absolute Gasteiger partial charge is 0.145 e. The first kappa shape index (κ1) is 9.77. The molecule has 1 aromatic heterocycles. The van der Waals surface area contributed by atoms with Crippen molar-refractivity contribution in [3.63, 3.8) is 0 Å². The molecule has 1 fully saturated rings. The summed E-state index contributed by atoms with van der Waals surface area (Å²) in [4.78, 5) is 15.9. The predicted octanol–water partition coefficient (Wildman–Crippen LogP) is 2.50. The monoisotopic (exact) mass is 210 g/mol. The standard InChI is InChI=1S/C10H14N2OS/c1-3-8(13)6(2)10-11-9(12-14-10)7-4-5-7/h6-7H,3-5H2,1-2H3. The Hall–Kier alpha value is -0.770. The van der Waals surface area contributed by atoms with Gasteiger partial charge in [0.1, 0.15) is 16.6 Å². The molecule has 4 heteroatoms. The van der Waals surface area contributed by atoms with Crippen LogP contribution in [0.25, 0.3) is 0 Å². The Morgan fingerprint density at radius 2 is 2.36 bits per heavy atom. The first-order valence-corrected chi connectivity index (χ1v) is 5.86. The molecule has 0 aromatic carbocycles. The molecule has 0 bridgehead atoms. The van der Waals surface area contributed by atoms with Gasteiger partial charge in [0.15, 0.2) is 0 Å². The van der Waals surface area contributed by atoms with E-state index >= 15 is 0 Å². The fourth-order valence-electron chi connectivity index (χ4n) is 1.37. The second-order valence-electron chi connectivity index (χ2n) is 3.81. The van der Waals surface area contributed by atoms with Crippen LogP contribution in [0.15, 0.2) is 0 Å². The summed E-state index contributed by atoms with van der Waals surface area (Å²) in [5.41, 5.74) is 0. The summed E-state index contributed by atoms with van der Waals surface area (Å²) in [5.74, 6) is 1.73. The van der Waals surface area contributed by atoms with Gasteiger partial charge < -0.3 is 0 Å². The van der Waals surface area contributed by atoms with Gasteiger partial charge in [0, 0.05) is 12.3 Å². The van der Waals surface area contributed by atoms with Crippen LogP contribution in [-0.2, 0) is 4.79 Å². The van der Waals surface area contributed by atoms with Gasteiger partial charge in [-0.05, 0) is 31.3 Å². The maximum Gasteiger partial charge on any atom is 0.145 e. The highest BCUT2D eigenvalue weighted by atomic mass is 32.1. The van der Waals surface area contributed by atoms with Gasteiger partial charge in [-0.3, -0.25) is 4.79 Å². The van der Waals surface area contributed by atoms with E-state index in [1.165, 1.54) is 24.4 Å². The second-order valence-corrected chi connectivity index (χ2v) is 4.59. The average molecular weight is 210 g/mol. The Bertz CT molecular complexity index is 344. The van der Waals surface area contributed by atoms with Gasteiger partial charge >= 0.3 is 0 Å². The molecule has 0 radical (unpaired) electrons. The highest BCUT2D eigenvalue weighted by Crippen LogP contribution is 2.39. The largest absolute Gasteiger partial charge is 0.299 e. The highest BCUT2D eigenvalue weighted by molar-refractivity contribution is 7.05. The van der Waals surface area contributed by atoms with Crippen LogP contribution in [-0.4, -0.2) is 15.1 Å². The summed E-state index contributed by atoms with van der Waals surface area (Å²) in [7, 11) is 0. The van der Waals surface area contributed by atoms with Crippen LogP contribution in [0.4, 0.5) is 0 Å². The first-order valence-electron chi connectivity index (χ1n) is 5.08. The lowest BCUT2D eigenvalue weighted by Gasteiger charge is -2.02. The molecule has 1 aliphatic rings. The summed E-state index contributed by atoms with van der Waals surface area (Å²) >= 11 is 1.39. The van der Waals surface area contributed by atoms with E-state index < -0.39 is 0 Å². The Balaban J connectivity index is 2.11. The molecule has 1 unspecified atom stereocenters. The van der Waals surface area contributed by atoms with E-state index in [0.29, 0.717) is 12.3 Å². The van der Waals surface area contributed by atoms with E-state index in [1.807, 2.05) is 13.8 Å². The Labute approximate surface area is 87.7 Å². The summed E-state index contributed by atoms with van der Waals surface area (Å²) in [6.45, 7) is 3.81. The van der Waals surface area contributed by atoms with Crippen molar-refractivity contribution in [3.8, 4) is 0 Å². The van der Waals surface area contributed by atoms with Gasteiger partial charge in [0.2, 0.25) is 0 Å². The van der Waals surface area contributed by atoms with Crippen LogP contribution in [0.1, 0.15) is 55.8 Å². The van der Waals surface area contributed by atoms with Gasteiger partial charge in [-0.2, -0.15) is 4.37 Å². The van der Waals surface area contributed by atoms with Gasteiger partial charge in [0.25, 0.3) is 0 Å². The van der Waals surface area contributed by atoms with Crippen molar-refractivity contribution < 1.29 is 4.79 Å². The van der Waals surface area contributed by atoms with Gasteiger partial charge in [-0.15, -0.1) is 0 Å². The highest BCUT2D eigenvalue weighted by Gasteiger charge is 2.29. The molecule has 0 amide bonds. The SMILES string of the molecule is CCC(=O)C(C)c1nc(C2CC2)ns1. The minimum Gasteiger partial charge on any atom is -0.299 e. The molecule has 0 aliphatic heterocycles. The molecule has 1 saturated carbocycles. The van der Waals surface area contributed by atoms with Crippen LogP contribution in [0.3, 0.4) is 0 Å². The number of hydrogen-bond acceptors (Lipinski definition) is 4. The number of ketones is 1. The number of rotatable bonds is 4. The fraction of sp³-hybridized carbons (Fsp3) is 0.700. The molecule has 1 aromatic rings. The lowest BCUT2D eigenvalue weighted by atomic mass is 10.1. The van der Waals surface area contributed by atoms with Crippen molar-refractivity contribution in [2.45, 2.75) is 44.9 Å². The number of carbonyl (C=O) groups excluding carboxylic acids is 1. The van der Waals surface area contributed by atoms with Gasteiger partial charge in [-0.1, -0.05) is 6.92 Å². The molecule has 76 valence electrons. The van der Waals surface area contributed by atoms with Crippen molar-refractivity contribution in [1.82, 2.24) is 9.36 Å². The maximum absolute atomic E-state index is 11.4. The molecule has 0 spiro atoms. The maximum atomic E-state index is 11.4. The normalized spacial score (nSPS) is 18.1. The third-order valence-electron chi connectivity index (χ3n) is 2.60. The fourth-order valence-corrected chi connectivity index (χ4v) is 2.18. The van der Waals surface area contributed by atoms with Crippen LogP contribution >= 0.6 is 11.5 Å². The number of hydrogen-bond donors (Lipinski definition) is 0. The average Bonchev–Trinajstić information content (AvgIpc) is 2.94. The minimum atomic E-state index is -0.0648. The Morgan fingerprint density at radius 3 is 2.93 bits per heavy atom. The van der Waals surface area contributed by atoms with E-state index in [9.17, 15) is 4.79 Å².